The summed E-state index contributed by atoms with van der Waals surface area (Å²) in [5, 5.41) is 0. The molecule has 11 heavy (non-hydrogen) atoms. The molecule has 0 atom stereocenters. The standard InChI is InChI=1S/C8H15FN2/c1-6(2)11-4-8(9,5-11)7(3)10/h6H,3-5,10H2,1-2H3. The van der Waals surface area contributed by atoms with Crippen molar-refractivity contribution >= 4 is 0 Å². The van der Waals surface area contributed by atoms with E-state index in [-0.39, 0.29) is 5.70 Å². The zero-order chi connectivity index (χ0) is 8.65. The van der Waals surface area contributed by atoms with Crippen LogP contribution < -0.4 is 5.73 Å². The van der Waals surface area contributed by atoms with Crippen molar-refractivity contribution in [1.82, 2.24) is 4.90 Å². The van der Waals surface area contributed by atoms with Crippen molar-refractivity contribution in [2.45, 2.75) is 25.6 Å². The molecule has 64 valence electrons. The first kappa shape index (κ1) is 8.53. The molecule has 1 fully saturated rings. The van der Waals surface area contributed by atoms with Crippen molar-refractivity contribution in [1.29, 1.82) is 0 Å². The quantitative estimate of drug-likeness (QED) is 0.646. The second-order valence-corrected chi connectivity index (χ2v) is 3.49. The summed E-state index contributed by atoms with van der Waals surface area (Å²) < 4.78 is 13.4. The van der Waals surface area contributed by atoms with Gasteiger partial charge in [-0.15, -0.1) is 0 Å². The molecule has 0 bridgehead atoms. The van der Waals surface area contributed by atoms with Gasteiger partial charge in [-0.25, -0.2) is 4.39 Å². The first-order chi connectivity index (χ1) is 4.96. The van der Waals surface area contributed by atoms with Gasteiger partial charge in [0, 0.05) is 24.8 Å². The summed E-state index contributed by atoms with van der Waals surface area (Å²) in [5.41, 5.74) is 4.14. The molecule has 0 spiro atoms. The van der Waals surface area contributed by atoms with E-state index in [0.29, 0.717) is 19.1 Å². The highest BCUT2D eigenvalue weighted by Gasteiger charge is 2.45. The maximum Gasteiger partial charge on any atom is 0.174 e. The summed E-state index contributed by atoms with van der Waals surface area (Å²) in [7, 11) is 0. The Kier molecular flexibility index (Phi) is 1.92. The normalized spacial score (nSPS) is 23.3. The Bertz CT molecular complexity index is 171. The fraction of sp³-hybridized carbons (Fsp3) is 0.750. The van der Waals surface area contributed by atoms with Crippen LogP contribution in [0.1, 0.15) is 13.8 Å². The van der Waals surface area contributed by atoms with E-state index >= 15 is 0 Å². The minimum absolute atomic E-state index is 0.161. The Morgan fingerprint density at radius 1 is 1.64 bits per heavy atom. The topological polar surface area (TPSA) is 29.3 Å². The molecule has 0 aromatic heterocycles. The highest BCUT2D eigenvalue weighted by Crippen LogP contribution is 2.30. The second-order valence-electron chi connectivity index (χ2n) is 3.49. The lowest BCUT2D eigenvalue weighted by Crippen LogP contribution is -2.62. The Morgan fingerprint density at radius 3 is 2.36 bits per heavy atom. The molecule has 0 radical (unpaired) electrons. The fourth-order valence-corrected chi connectivity index (χ4v) is 1.17. The molecule has 3 heteroatoms. The molecule has 1 aliphatic heterocycles. The number of hydrogen-bond acceptors (Lipinski definition) is 2. The van der Waals surface area contributed by atoms with Crippen molar-refractivity contribution < 1.29 is 4.39 Å². The Morgan fingerprint density at radius 2 is 2.09 bits per heavy atom. The highest BCUT2D eigenvalue weighted by atomic mass is 19.1. The molecule has 0 amide bonds. The van der Waals surface area contributed by atoms with E-state index in [9.17, 15) is 4.39 Å². The van der Waals surface area contributed by atoms with Crippen LogP contribution in [-0.2, 0) is 0 Å². The van der Waals surface area contributed by atoms with Gasteiger partial charge in [-0.05, 0) is 13.8 Å². The first-order valence-corrected chi connectivity index (χ1v) is 3.83. The van der Waals surface area contributed by atoms with Crippen LogP contribution in [0.4, 0.5) is 4.39 Å². The van der Waals surface area contributed by atoms with Gasteiger partial charge < -0.3 is 5.73 Å². The zero-order valence-corrected chi connectivity index (χ0v) is 7.10. The first-order valence-electron chi connectivity index (χ1n) is 3.83. The van der Waals surface area contributed by atoms with Gasteiger partial charge in [0.05, 0.1) is 0 Å². The van der Waals surface area contributed by atoms with Crippen LogP contribution in [-0.4, -0.2) is 29.7 Å². The van der Waals surface area contributed by atoms with Gasteiger partial charge in [-0.2, -0.15) is 0 Å². The van der Waals surface area contributed by atoms with Crippen molar-refractivity contribution in [3.63, 3.8) is 0 Å². The third kappa shape index (κ3) is 1.38. The maximum absolute atomic E-state index is 13.4. The average molecular weight is 158 g/mol. The van der Waals surface area contributed by atoms with E-state index in [2.05, 4.69) is 6.58 Å². The van der Waals surface area contributed by atoms with E-state index in [1.165, 1.54) is 0 Å². The third-order valence-electron chi connectivity index (χ3n) is 2.21. The lowest BCUT2D eigenvalue weighted by Gasteiger charge is -2.46. The predicted molar refractivity (Wildman–Crippen MR) is 43.9 cm³/mol. The molecular weight excluding hydrogens is 143 g/mol. The van der Waals surface area contributed by atoms with E-state index in [0.717, 1.165) is 0 Å². The van der Waals surface area contributed by atoms with Gasteiger partial charge in [0.15, 0.2) is 5.67 Å². The van der Waals surface area contributed by atoms with Crippen LogP contribution >= 0.6 is 0 Å². The SMILES string of the molecule is C=C(N)C1(F)CN(C(C)C)C1. The molecule has 1 aliphatic rings. The van der Waals surface area contributed by atoms with Crippen LogP contribution in [0.3, 0.4) is 0 Å². The third-order valence-corrected chi connectivity index (χ3v) is 2.21. The smallest absolute Gasteiger partial charge is 0.174 e. The lowest BCUT2D eigenvalue weighted by molar-refractivity contribution is -0.0238. The Hall–Kier alpha value is -0.570. The maximum atomic E-state index is 13.4. The van der Waals surface area contributed by atoms with Crippen LogP contribution in [0.2, 0.25) is 0 Å². The fourth-order valence-electron chi connectivity index (χ4n) is 1.17. The highest BCUT2D eigenvalue weighted by molar-refractivity contribution is 5.17. The number of likely N-dealkylation sites (tertiary alicyclic amines) is 1. The molecule has 2 N–H and O–H groups in total. The summed E-state index contributed by atoms with van der Waals surface area (Å²) in [6, 6.07) is 0.401. The van der Waals surface area contributed by atoms with E-state index < -0.39 is 5.67 Å². The molecule has 1 heterocycles. The number of halogens is 1. The van der Waals surface area contributed by atoms with Crippen molar-refractivity contribution in [2.75, 3.05) is 13.1 Å². The van der Waals surface area contributed by atoms with Crippen molar-refractivity contribution in [3.05, 3.63) is 12.3 Å². The Balaban J connectivity index is 2.44. The van der Waals surface area contributed by atoms with E-state index in [4.69, 9.17) is 5.73 Å². The molecule has 0 aromatic carbocycles. The molecule has 1 rings (SSSR count). The molecule has 0 saturated carbocycles. The van der Waals surface area contributed by atoms with Gasteiger partial charge in [0.25, 0.3) is 0 Å². The van der Waals surface area contributed by atoms with Gasteiger partial charge in [0.1, 0.15) is 0 Å². The second kappa shape index (κ2) is 2.48. The zero-order valence-electron chi connectivity index (χ0n) is 7.10. The van der Waals surface area contributed by atoms with Crippen molar-refractivity contribution in [3.8, 4) is 0 Å². The summed E-state index contributed by atoms with van der Waals surface area (Å²) in [6.45, 7) is 8.31. The summed E-state index contributed by atoms with van der Waals surface area (Å²) in [5.74, 6) is 0. The minimum Gasteiger partial charge on any atom is -0.400 e. The molecule has 1 saturated heterocycles. The minimum atomic E-state index is -1.32. The van der Waals surface area contributed by atoms with E-state index in [1.54, 1.807) is 0 Å². The number of alkyl halides is 1. The van der Waals surface area contributed by atoms with E-state index in [1.807, 2.05) is 18.7 Å². The van der Waals surface area contributed by atoms with Crippen molar-refractivity contribution in [2.24, 2.45) is 5.73 Å². The summed E-state index contributed by atoms with van der Waals surface area (Å²) in [6.07, 6.45) is 0. The van der Waals surface area contributed by atoms with Crippen LogP contribution in [0.5, 0.6) is 0 Å². The summed E-state index contributed by atoms with van der Waals surface area (Å²) in [4.78, 5) is 2.03. The average Bonchev–Trinajstić information content (AvgIpc) is 1.79. The van der Waals surface area contributed by atoms with Gasteiger partial charge >= 0.3 is 0 Å². The molecule has 0 unspecified atom stereocenters. The monoisotopic (exact) mass is 158 g/mol. The number of rotatable bonds is 2. The van der Waals surface area contributed by atoms with Gasteiger partial charge in [-0.3, -0.25) is 4.90 Å². The molecule has 0 aromatic rings. The van der Waals surface area contributed by atoms with Gasteiger partial charge in [0.2, 0.25) is 0 Å². The number of hydrogen-bond donors (Lipinski definition) is 1. The predicted octanol–water partition coefficient (Wildman–Crippen LogP) is 0.891. The van der Waals surface area contributed by atoms with Crippen LogP contribution in [0.25, 0.3) is 0 Å². The molecular formula is C8H15FN2. The lowest BCUT2D eigenvalue weighted by atomic mass is 9.92. The van der Waals surface area contributed by atoms with Gasteiger partial charge in [-0.1, -0.05) is 6.58 Å². The van der Waals surface area contributed by atoms with Crippen LogP contribution in [0.15, 0.2) is 12.3 Å². The largest absolute Gasteiger partial charge is 0.400 e. The number of nitrogens with zero attached hydrogens (tertiary/aromatic N) is 1. The molecule has 2 nitrogen and oxygen atoms in total. The number of nitrogens with two attached hydrogens (primary N) is 1. The van der Waals surface area contributed by atoms with Crippen LogP contribution in [0, 0.1) is 0 Å². The Labute approximate surface area is 66.9 Å². The summed E-state index contributed by atoms with van der Waals surface area (Å²) >= 11 is 0. The molecule has 0 aliphatic carbocycles.